The van der Waals surface area contributed by atoms with Gasteiger partial charge in [-0.25, -0.2) is 9.78 Å². The fourth-order valence-corrected chi connectivity index (χ4v) is 4.92. The van der Waals surface area contributed by atoms with Crippen molar-refractivity contribution in [2.75, 3.05) is 36.5 Å². The number of anilines is 2. The van der Waals surface area contributed by atoms with Crippen molar-refractivity contribution in [1.82, 2.24) is 9.97 Å². The number of thiophene rings is 1. The van der Waals surface area contributed by atoms with Gasteiger partial charge in [-0.3, -0.25) is 0 Å². The Kier molecular flexibility index (Phi) is 6.17. The first kappa shape index (κ1) is 23.3. The summed E-state index contributed by atoms with van der Waals surface area (Å²) in [5.74, 6) is 1.84. The first-order valence-corrected chi connectivity index (χ1v) is 11.7. The molecule has 0 unspecified atom stereocenters. The van der Waals surface area contributed by atoms with Gasteiger partial charge in [0.15, 0.2) is 11.5 Å². The number of halogens is 3. The Hall–Kier alpha value is -3.48. The molecule has 186 valence electrons. The molecule has 2 aliphatic heterocycles. The third kappa shape index (κ3) is 5.14. The Morgan fingerprint density at radius 1 is 1.17 bits per heavy atom. The predicted molar refractivity (Wildman–Crippen MR) is 122 cm³/mol. The van der Waals surface area contributed by atoms with Crippen molar-refractivity contribution in [3.8, 4) is 11.5 Å². The average molecular weight is 510 g/mol. The zero-order valence-electron chi connectivity index (χ0n) is 18.3. The van der Waals surface area contributed by atoms with Crippen molar-refractivity contribution in [3.05, 3.63) is 34.7 Å². The van der Waals surface area contributed by atoms with E-state index in [-0.39, 0.29) is 22.0 Å². The Morgan fingerprint density at radius 3 is 2.63 bits per heavy atom. The van der Waals surface area contributed by atoms with E-state index in [0.717, 1.165) is 11.6 Å². The van der Waals surface area contributed by atoms with Gasteiger partial charge >= 0.3 is 12.3 Å². The number of piperidine rings is 1. The molecular formula is C22H21F3N4O5S. The molecule has 0 aliphatic carbocycles. The second-order valence-corrected chi connectivity index (χ2v) is 9.13. The number of rotatable bonds is 5. The van der Waals surface area contributed by atoms with Gasteiger partial charge < -0.3 is 29.5 Å². The average Bonchev–Trinajstić information content (AvgIpc) is 3.28. The van der Waals surface area contributed by atoms with Crippen LogP contribution in [0.5, 0.6) is 11.5 Å². The van der Waals surface area contributed by atoms with E-state index in [1.165, 1.54) is 0 Å². The molecule has 35 heavy (non-hydrogen) atoms. The number of hydrogen-bond donors (Lipinski definition) is 2. The molecule has 2 aromatic heterocycles. The lowest BCUT2D eigenvalue weighted by molar-refractivity contribution is -0.134. The van der Waals surface area contributed by atoms with E-state index >= 15 is 0 Å². The lowest BCUT2D eigenvalue weighted by Gasteiger charge is -2.31. The van der Waals surface area contributed by atoms with E-state index in [1.54, 1.807) is 6.07 Å². The van der Waals surface area contributed by atoms with E-state index < -0.39 is 23.3 Å². The number of carboxylic acid groups (broad SMARTS) is 1. The van der Waals surface area contributed by atoms with Crippen LogP contribution in [-0.4, -0.2) is 53.6 Å². The molecule has 0 spiro atoms. The van der Waals surface area contributed by atoms with E-state index in [0.29, 0.717) is 68.5 Å². The summed E-state index contributed by atoms with van der Waals surface area (Å²) in [6, 6.07) is 6.52. The maximum atomic E-state index is 13.4. The van der Waals surface area contributed by atoms with Gasteiger partial charge in [-0.05, 0) is 23.8 Å². The molecule has 0 radical (unpaired) electrons. The molecule has 3 aromatic rings. The lowest BCUT2D eigenvalue weighted by Crippen LogP contribution is -2.38. The molecule has 2 aliphatic rings. The molecule has 1 fully saturated rings. The second-order valence-electron chi connectivity index (χ2n) is 8.10. The lowest BCUT2D eigenvalue weighted by atomic mass is 10.1. The van der Waals surface area contributed by atoms with Crippen molar-refractivity contribution >= 4 is 39.5 Å². The molecule has 0 amide bonds. The number of fused-ring (bicyclic) bond motifs is 2. The number of aromatic nitrogens is 2. The standard InChI is InChI=1S/C22H21F3N4O5S/c23-22(24,25)17-10-14-18(26-11-12-1-2-15-16(9-12)33-8-7-32-15)27-20(28-19(14)35-17)29-5-3-13(4-6-29)34-21(30)31/h1-2,9-10,13H,3-8,11H2,(H,30,31)(H,26,27,28). The summed E-state index contributed by atoms with van der Waals surface area (Å²) >= 11 is 0.564. The normalized spacial score (nSPS) is 16.4. The quantitative estimate of drug-likeness (QED) is 0.470. The van der Waals surface area contributed by atoms with Gasteiger partial charge in [-0.1, -0.05) is 6.07 Å². The maximum absolute atomic E-state index is 13.4. The smallest absolute Gasteiger partial charge is 0.486 e. The molecule has 0 atom stereocenters. The Labute approximate surface area is 201 Å². The molecule has 5 rings (SSSR count). The van der Waals surface area contributed by atoms with Crippen LogP contribution in [0.1, 0.15) is 23.3 Å². The summed E-state index contributed by atoms with van der Waals surface area (Å²) in [5.41, 5.74) is 0.848. The number of benzene rings is 1. The highest BCUT2D eigenvalue weighted by molar-refractivity contribution is 7.18. The Morgan fingerprint density at radius 2 is 1.91 bits per heavy atom. The van der Waals surface area contributed by atoms with Crippen LogP contribution in [0.15, 0.2) is 24.3 Å². The first-order chi connectivity index (χ1) is 16.8. The third-order valence-electron chi connectivity index (χ3n) is 5.72. The highest BCUT2D eigenvalue weighted by Crippen LogP contribution is 2.40. The molecule has 9 nitrogen and oxygen atoms in total. The molecule has 1 aromatic carbocycles. The number of ether oxygens (including phenoxy) is 3. The fourth-order valence-electron chi connectivity index (χ4n) is 4.03. The number of carbonyl (C=O) groups is 1. The summed E-state index contributed by atoms with van der Waals surface area (Å²) in [7, 11) is 0. The molecule has 1 saturated heterocycles. The van der Waals surface area contributed by atoms with Gasteiger partial charge in [0, 0.05) is 32.5 Å². The summed E-state index contributed by atoms with van der Waals surface area (Å²) in [6.07, 6.45) is -5.38. The van der Waals surface area contributed by atoms with Crippen molar-refractivity contribution in [2.24, 2.45) is 0 Å². The van der Waals surface area contributed by atoms with Crippen LogP contribution >= 0.6 is 11.3 Å². The van der Waals surface area contributed by atoms with Crippen molar-refractivity contribution in [1.29, 1.82) is 0 Å². The van der Waals surface area contributed by atoms with Gasteiger partial charge in [0.05, 0.1) is 5.39 Å². The van der Waals surface area contributed by atoms with Gasteiger partial charge in [-0.2, -0.15) is 18.2 Å². The molecule has 13 heteroatoms. The number of nitrogens with one attached hydrogen (secondary N) is 1. The third-order valence-corrected chi connectivity index (χ3v) is 6.79. The topological polar surface area (TPSA) is 106 Å². The molecule has 0 saturated carbocycles. The van der Waals surface area contributed by atoms with Crippen LogP contribution in [0.4, 0.5) is 29.7 Å². The minimum absolute atomic E-state index is 0.218. The van der Waals surface area contributed by atoms with Crippen LogP contribution in [0.3, 0.4) is 0 Å². The zero-order valence-corrected chi connectivity index (χ0v) is 19.1. The van der Waals surface area contributed by atoms with Crippen molar-refractivity contribution < 1.29 is 37.3 Å². The summed E-state index contributed by atoms with van der Waals surface area (Å²) < 4.78 is 56.2. The van der Waals surface area contributed by atoms with Crippen LogP contribution < -0.4 is 19.7 Å². The minimum Gasteiger partial charge on any atom is -0.486 e. The molecule has 0 bridgehead atoms. The van der Waals surface area contributed by atoms with Crippen molar-refractivity contribution in [2.45, 2.75) is 31.7 Å². The number of nitrogens with zero attached hydrogens (tertiary/aromatic N) is 3. The Bertz CT molecular complexity index is 1240. The van der Waals surface area contributed by atoms with Crippen LogP contribution in [0.2, 0.25) is 0 Å². The zero-order chi connectivity index (χ0) is 24.6. The predicted octanol–water partition coefficient (Wildman–Crippen LogP) is 4.76. The van der Waals surface area contributed by atoms with Crippen molar-refractivity contribution in [3.63, 3.8) is 0 Å². The molecule has 2 N–H and O–H groups in total. The van der Waals surface area contributed by atoms with E-state index in [4.69, 9.17) is 19.3 Å². The van der Waals surface area contributed by atoms with E-state index in [1.807, 2.05) is 17.0 Å². The van der Waals surface area contributed by atoms with Gasteiger partial charge in [0.25, 0.3) is 0 Å². The SMILES string of the molecule is O=C(O)OC1CCN(c2nc(NCc3ccc4c(c3)OCCO4)c3cc(C(F)(F)F)sc3n2)CC1. The maximum Gasteiger partial charge on any atom is 0.506 e. The van der Waals surface area contributed by atoms with E-state index in [2.05, 4.69) is 15.3 Å². The largest absolute Gasteiger partial charge is 0.506 e. The van der Waals surface area contributed by atoms with Crippen LogP contribution in [0.25, 0.3) is 10.2 Å². The first-order valence-electron chi connectivity index (χ1n) is 10.9. The van der Waals surface area contributed by atoms with E-state index in [9.17, 15) is 18.0 Å². The number of alkyl halides is 3. The molecular weight excluding hydrogens is 489 g/mol. The summed E-state index contributed by atoms with van der Waals surface area (Å²) in [4.78, 5) is 21.0. The van der Waals surface area contributed by atoms with Gasteiger partial charge in [-0.15, -0.1) is 11.3 Å². The summed E-state index contributed by atoms with van der Waals surface area (Å²) in [6.45, 7) is 2.06. The Balaban J connectivity index is 1.41. The van der Waals surface area contributed by atoms with Crippen LogP contribution in [-0.2, 0) is 17.5 Å². The highest BCUT2D eigenvalue weighted by atomic mass is 32.1. The van der Waals surface area contributed by atoms with Gasteiger partial charge in [0.1, 0.15) is 34.8 Å². The fraction of sp³-hybridized carbons (Fsp3) is 0.409. The summed E-state index contributed by atoms with van der Waals surface area (Å²) in [5, 5.41) is 12.3. The monoisotopic (exact) mass is 510 g/mol. The molecule has 4 heterocycles. The minimum atomic E-state index is -4.49. The van der Waals surface area contributed by atoms with Crippen LogP contribution in [0, 0.1) is 0 Å². The van der Waals surface area contributed by atoms with Gasteiger partial charge in [0.2, 0.25) is 5.95 Å². The number of hydrogen-bond acceptors (Lipinski definition) is 9. The second kappa shape index (κ2) is 9.29. The highest BCUT2D eigenvalue weighted by Gasteiger charge is 2.34.